The molecule has 1 aromatic rings. The molecule has 1 aromatic carbocycles. The lowest BCUT2D eigenvalue weighted by atomic mass is 10.0. The third-order valence-electron chi connectivity index (χ3n) is 2.43. The van der Waals surface area contributed by atoms with E-state index in [1.807, 2.05) is 30.3 Å². The van der Waals surface area contributed by atoms with Gasteiger partial charge < -0.3 is 5.11 Å². The normalized spacial score (nSPS) is 13.6. The fourth-order valence-corrected chi connectivity index (χ4v) is 1.79. The highest BCUT2D eigenvalue weighted by Crippen LogP contribution is 2.13. The monoisotopic (exact) mass is 238 g/mol. The Morgan fingerprint density at radius 3 is 2.56 bits per heavy atom. The first-order chi connectivity index (χ1) is 7.65. The number of benzene rings is 1. The number of hydrogen-bond acceptors (Lipinski definition) is 2. The van der Waals surface area contributed by atoms with Gasteiger partial charge in [0.05, 0.1) is 6.10 Å². The minimum Gasteiger partial charge on any atom is -0.388 e. The molecule has 0 saturated carbocycles. The lowest BCUT2D eigenvalue weighted by Crippen LogP contribution is -2.16. The Kier molecular flexibility index (Phi) is 5.23. The van der Waals surface area contributed by atoms with Gasteiger partial charge in [0.2, 0.25) is 0 Å². The van der Waals surface area contributed by atoms with Crippen LogP contribution in [0.4, 0.5) is 0 Å². The Bertz CT molecular complexity index is 371. The van der Waals surface area contributed by atoms with Crippen molar-refractivity contribution in [1.82, 2.24) is 0 Å². The third-order valence-corrected chi connectivity index (χ3v) is 2.67. The number of halogens is 1. The maximum atomic E-state index is 11.1. The smallest absolute Gasteiger partial charge is 0.159 e. The van der Waals surface area contributed by atoms with Gasteiger partial charge in [-0.1, -0.05) is 41.9 Å². The molecule has 0 bridgehead atoms. The topological polar surface area (TPSA) is 37.3 Å². The number of hydrogen-bond donors (Lipinski definition) is 1. The summed E-state index contributed by atoms with van der Waals surface area (Å²) in [6.07, 6.45) is 0.446. The molecule has 16 heavy (non-hydrogen) atoms. The molecular formula is C13H15ClO2. The summed E-state index contributed by atoms with van der Waals surface area (Å²) in [5.74, 6) is -0.185. The highest BCUT2D eigenvalue weighted by Gasteiger charge is 2.14. The number of aliphatic hydroxyl groups is 1. The van der Waals surface area contributed by atoms with Gasteiger partial charge in [-0.15, -0.1) is 0 Å². The molecular weight excluding hydrogens is 224 g/mol. The van der Waals surface area contributed by atoms with Gasteiger partial charge in [-0.05, 0) is 25.3 Å². The predicted octanol–water partition coefficient (Wildman–Crippen LogP) is 2.69. The molecule has 0 aliphatic heterocycles. The van der Waals surface area contributed by atoms with E-state index in [-0.39, 0.29) is 11.4 Å². The van der Waals surface area contributed by atoms with E-state index in [1.165, 1.54) is 6.92 Å². The number of carbonyl (C=O) groups is 1. The molecule has 0 amide bonds. The van der Waals surface area contributed by atoms with Crippen LogP contribution in [0.25, 0.3) is 0 Å². The lowest BCUT2D eigenvalue weighted by Gasteiger charge is -2.11. The van der Waals surface area contributed by atoms with Gasteiger partial charge in [-0.3, -0.25) is 4.79 Å². The van der Waals surface area contributed by atoms with Crippen molar-refractivity contribution in [1.29, 1.82) is 0 Å². The maximum Gasteiger partial charge on any atom is 0.159 e. The summed E-state index contributed by atoms with van der Waals surface area (Å²) in [7, 11) is 0. The second kappa shape index (κ2) is 6.46. The molecule has 1 unspecified atom stereocenters. The molecule has 1 atom stereocenters. The molecule has 86 valence electrons. The van der Waals surface area contributed by atoms with Crippen LogP contribution in [0, 0.1) is 0 Å². The number of aryl methyl sites for hydroxylation is 1. The van der Waals surface area contributed by atoms with Gasteiger partial charge in [0.15, 0.2) is 5.78 Å². The SMILES string of the molecule is CC(=O)/C(=C/Cl)C(O)CCc1ccccc1. The first kappa shape index (κ1) is 12.9. The van der Waals surface area contributed by atoms with E-state index in [1.54, 1.807) is 0 Å². The summed E-state index contributed by atoms with van der Waals surface area (Å²) in [6.45, 7) is 1.40. The minimum atomic E-state index is -0.782. The Morgan fingerprint density at radius 2 is 2.06 bits per heavy atom. The standard InChI is InChI=1S/C13H15ClO2/c1-10(15)12(9-14)13(16)8-7-11-5-3-2-4-6-11/h2-6,9,13,16H,7-8H2,1H3/b12-9-. The molecule has 2 nitrogen and oxygen atoms in total. The Hall–Kier alpha value is -1.12. The average Bonchev–Trinajstić information content (AvgIpc) is 2.28. The van der Waals surface area contributed by atoms with Crippen LogP contribution in [0.3, 0.4) is 0 Å². The molecule has 0 saturated heterocycles. The van der Waals surface area contributed by atoms with Crippen LogP contribution in [-0.4, -0.2) is 17.0 Å². The van der Waals surface area contributed by atoms with Gasteiger partial charge in [-0.25, -0.2) is 0 Å². The first-order valence-electron chi connectivity index (χ1n) is 5.18. The van der Waals surface area contributed by atoms with Crippen LogP contribution in [0.2, 0.25) is 0 Å². The fourth-order valence-electron chi connectivity index (χ4n) is 1.49. The van der Waals surface area contributed by atoms with Crippen molar-refractivity contribution in [2.75, 3.05) is 0 Å². The number of rotatable bonds is 5. The van der Waals surface area contributed by atoms with E-state index in [4.69, 9.17) is 11.6 Å². The second-order valence-corrected chi connectivity index (χ2v) is 3.88. The van der Waals surface area contributed by atoms with E-state index in [9.17, 15) is 9.90 Å². The van der Waals surface area contributed by atoms with Gasteiger partial charge in [0, 0.05) is 11.1 Å². The van der Waals surface area contributed by atoms with Crippen LogP contribution < -0.4 is 0 Å². The summed E-state index contributed by atoms with van der Waals surface area (Å²) in [4.78, 5) is 11.1. The molecule has 1 rings (SSSR count). The van der Waals surface area contributed by atoms with E-state index < -0.39 is 6.10 Å². The second-order valence-electron chi connectivity index (χ2n) is 3.66. The van der Waals surface area contributed by atoms with E-state index in [2.05, 4.69) is 0 Å². The van der Waals surface area contributed by atoms with Gasteiger partial charge in [-0.2, -0.15) is 0 Å². The van der Waals surface area contributed by atoms with Crippen molar-refractivity contribution in [3.05, 3.63) is 47.0 Å². The molecule has 0 aliphatic carbocycles. The Labute approximate surface area is 101 Å². The van der Waals surface area contributed by atoms with E-state index in [0.717, 1.165) is 17.5 Å². The van der Waals surface area contributed by atoms with Gasteiger partial charge >= 0.3 is 0 Å². The fraction of sp³-hybridized carbons (Fsp3) is 0.308. The van der Waals surface area contributed by atoms with Crippen LogP contribution in [0.1, 0.15) is 18.9 Å². The van der Waals surface area contributed by atoms with Crippen molar-refractivity contribution >= 4 is 17.4 Å². The highest BCUT2D eigenvalue weighted by molar-refractivity contribution is 6.27. The zero-order chi connectivity index (χ0) is 12.0. The van der Waals surface area contributed by atoms with Crippen molar-refractivity contribution in [3.8, 4) is 0 Å². The molecule has 0 fully saturated rings. The largest absolute Gasteiger partial charge is 0.388 e. The van der Waals surface area contributed by atoms with Crippen LogP contribution in [-0.2, 0) is 11.2 Å². The molecule has 0 heterocycles. The molecule has 0 aromatic heterocycles. The van der Waals surface area contributed by atoms with Crippen LogP contribution in [0.15, 0.2) is 41.4 Å². The zero-order valence-electron chi connectivity index (χ0n) is 9.19. The highest BCUT2D eigenvalue weighted by atomic mass is 35.5. The molecule has 1 N–H and O–H groups in total. The van der Waals surface area contributed by atoms with Crippen LogP contribution >= 0.6 is 11.6 Å². The van der Waals surface area contributed by atoms with Crippen molar-refractivity contribution in [2.45, 2.75) is 25.9 Å². The number of carbonyl (C=O) groups excluding carboxylic acids is 1. The number of ketones is 1. The van der Waals surface area contributed by atoms with E-state index in [0.29, 0.717) is 6.42 Å². The Morgan fingerprint density at radius 1 is 1.44 bits per heavy atom. The summed E-state index contributed by atoms with van der Waals surface area (Å²) in [6, 6.07) is 9.82. The summed E-state index contributed by atoms with van der Waals surface area (Å²) in [5.41, 5.74) is 2.58. The summed E-state index contributed by atoms with van der Waals surface area (Å²) in [5, 5.41) is 9.77. The third kappa shape index (κ3) is 3.80. The van der Waals surface area contributed by atoms with Crippen molar-refractivity contribution in [3.63, 3.8) is 0 Å². The maximum absolute atomic E-state index is 11.1. The van der Waals surface area contributed by atoms with Crippen LogP contribution in [0.5, 0.6) is 0 Å². The van der Waals surface area contributed by atoms with Crippen molar-refractivity contribution < 1.29 is 9.90 Å². The van der Waals surface area contributed by atoms with Crippen molar-refractivity contribution in [2.24, 2.45) is 0 Å². The minimum absolute atomic E-state index is 0.185. The predicted molar refractivity (Wildman–Crippen MR) is 65.4 cm³/mol. The quantitative estimate of drug-likeness (QED) is 0.801. The summed E-state index contributed by atoms with van der Waals surface area (Å²) < 4.78 is 0. The molecule has 3 heteroatoms. The molecule has 0 aliphatic rings. The van der Waals surface area contributed by atoms with Gasteiger partial charge in [0.25, 0.3) is 0 Å². The summed E-state index contributed by atoms with van der Waals surface area (Å²) >= 11 is 5.50. The van der Waals surface area contributed by atoms with E-state index >= 15 is 0 Å². The lowest BCUT2D eigenvalue weighted by molar-refractivity contribution is -0.114. The first-order valence-corrected chi connectivity index (χ1v) is 5.62. The average molecular weight is 239 g/mol. The molecule has 0 spiro atoms. The van der Waals surface area contributed by atoms with Gasteiger partial charge in [0.1, 0.15) is 0 Å². The Balaban J connectivity index is 2.53. The molecule has 0 radical (unpaired) electrons. The number of Topliss-reactive ketones (excluding diaryl/α,β-unsaturated/α-hetero) is 1. The number of aliphatic hydroxyl groups excluding tert-OH is 1. The zero-order valence-corrected chi connectivity index (χ0v) is 9.95.